The molecule has 0 atom stereocenters. The molecule has 3 rings (SSSR count). The number of halogens is 1. The second-order valence-electron chi connectivity index (χ2n) is 4.53. The van der Waals surface area contributed by atoms with Gasteiger partial charge in [-0.2, -0.15) is 4.98 Å². The van der Waals surface area contributed by atoms with Crippen LogP contribution in [0.2, 0.25) is 5.02 Å². The average molecular weight is 285 g/mol. The van der Waals surface area contributed by atoms with E-state index in [4.69, 9.17) is 17.3 Å². The molecular weight excluding hydrogens is 272 g/mol. The Kier molecular flexibility index (Phi) is 3.16. The topological polar surface area (TPSA) is 63.8 Å². The monoisotopic (exact) mass is 284 g/mol. The molecule has 0 unspecified atom stereocenters. The van der Waals surface area contributed by atoms with E-state index in [9.17, 15) is 0 Å². The lowest BCUT2D eigenvalue weighted by atomic mass is 10.2. The maximum atomic E-state index is 6.00. The van der Waals surface area contributed by atoms with Crippen LogP contribution in [-0.4, -0.2) is 9.97 Å². The van der Waals surface area contributed by atoms with E-state index in [0.29, 0.717) is 16.8 Å². The summed E-state index contributed by atoms with van der Waals surface area (Å²) in [5.74, 6) is 0.921. The number of nitrogens with one attached hydrogen (secondary N) is 1. The van der Waals surface area contributed by atoms with Crippen molar-refractivity contribution in [2.24, 2.45) is 0 Å². The van der Waals surface area contributed by atoms with E-state index >= 15 is 0 Å². The van der Waals surface area contributed by atoms with Crippen molar-refractivity contribution in [3.63, 3.8) is 0 Å². The fourth-order valence-corrected chi connectivity index (χ4v) is 2.18. The van der Waals surface area contributed by atoms with Gasteiger partial charge in [-0.05, 0) is 36.8 Å². The largest absolute Gasteiger partial charge is 0.383 e. The second-order valence-corrected chi connectivity index (χ2v) is 4.97. The zero-order chi connectivity index (χ0) is 14.1. The van der Waals surface area contributed by atoms with Gasteiger partial charge >= 0.3 is 0 Å². The summed E-state index contributed by atoms with van der Waals surface area (Å²) in [5.41, 5.74) is 8.70. The molecule has 4 nitrogen and oxygen atoms in total. The first-order valence-electron chi connectivity index (χ1n) is 6.19. The number of aryl methyl sites for hydroxylation is 1. The van der Waals surface area contributed by atoms with Crippen molar-refractivity contribution < 1.29 is 0 Å². The van der Waals surface area contributed by atoms with Crippen molar-refractivity contribution >= 4 is 40.0 Å². The summed E-state index contributed by atoms with van der Waals surface area (Å²) >= 11 is 6.00. The highest BCUT2D eigenvalue weighted by Crippen LogP contribution is 2.25. The molecule has 100 valence electrons. The van der Waals surface area contributed by atoms with Crippen LogP contribution in [0, 0.1) is 6.92 Å². The van der Waals surface area contributed by atoms with Gasteiger partial charge in [-0.3, -0.25) is 0 Å². The number of rotatable bonds is 2. The number of anilines is 3. The molecule has 0 aliphatic heterocycles. The fraction of sp³-hybridized carbons (Fsp3) is 0.0667. The third-order valence-corrected chi connectivity index (χ3v) is 3.31. The lowest BCUT2D eigenvalue weighted by Gasteiger charge is -2.10. The molecule has 0 bridgehead atoms. The number of nitrogens with zero attached hydrogens (tertiary/aromatic N) is 2. The van der Waals surface area contributed by atoms with E-state index in [1.54, 1.807) is 0 Å². The lowest BCUT2D eigenvalue weighted by molar-refractivity contribution is 1.21. The Morgan fingerprint density at radius 3 is 2.75 bits per heavy atom. The third kappa shape index (κ3) is 2.38. The Morgan fingerprint density at radius 2 is 1.90 bits per heavy atom. The highest BCUT2D eigenvalue weighted by molar-refractivity contribution is 6.30. The minimum absolute atomic E-state index is 0.456. The first kappa shape index (κ1) is 12.7. The van der Waals surface area contributed by atoms with Crippen molar-refractivity contribution in [3.8, 4) is 0 Å². The molecule has 5 heteroatoms. The van der Waals surface area contributed by atoms with Gasteiger partial charge in [-0.15, -0.1) is 0 Å². The van der Waals surface area contributed by atoms with Crippen molar-refractivity contribution in [2.75, 3.05) is 11.1 Å². The number of fused-ring (bicyclic) bond motifs is 1. The van der Waals surface area contributed by atoms with Gasteiger partial charge in [0.2, 0.25) is 5.95 Å². The zero-order valence-corrected chi connectivity index (χ0v) is 11.6. The van der Waals surface area contributed by atoms with Crippen molar-refractivity contribution in [2.45, 2.75) is 6.92 Å². The van der Waals surface area contributed by atoms with Crippen molar-refractivity contribution in [3.05, 3.63) is 53.1 Å². The predicted molar refractivity (Wildman–Crippen MR) is 83.4 cm³/mol. The van der Waals surface area contributed by atoms with Crippen LogP contribution in [-0.2, 0) is 0 Å². The number of nitrogens with two attached hydrogens (primary N) is 1. The molecule has 0 spiro atoms. The molecule has 3 aromatic rings. The number of benzene rings is 2. The van der Waals surface area contributed by atoms with Gasteiger partial charge in [0.25, 0.3) is 0 Å². The van der Waals surface area contributed by atoms with Gasteiger partial charge < -0.3 is 11.1 Å². The van der Waals surface area contributed by atoms with Crippen LogP contribution in [0.5, 0.6) is 0 Å². The highest BCUT2D eigenvalue weighted by Gasteiger charge is 2.06. The third-order valence-electron chi connectivity index (χ3n) is 3.08. The first-order chi connectivity index (χ1) is 9.63. The van der Waals surface area contributed by atoms with Crippen LogP contribution in [0.25, 0.3) is 10.9 Å². The number of para-hydroxylation sites is 1. The molecule has 0 saturated heterocycles. The fourth-order valence-electron chi connectivity index (χ4n) is 2.01. The molecule has 0 amide bonds. The normalized spacial score (nSPS) is 10.7. The number of hydrogen-bond acceptors (Lipinski definition) is 4. The van der Waals surface area contributed by atoms with Crippen molar-refractivity contribution in [1.82, 2.24) is 9.97 Å². The molecule has 0 aliphatic carbocycles. The second kappa shape index (κ2) is 4.98. The van der Waals surface area contributed by atoms with Crippen molar-refractivity contribution in [1.29, 1.82) is 0 Å². The molecule has 20 heavy (non-hydrogen) atoms. The molecular formula is C15H13ClN4. The smallest absolute Gasteiger partial charge is 0.229 e. The zero-order valence-electron chi connectivity index (χ0n) is 10.9. The standard InChI is InChI=1S/C15H13ClN4/c1-9-6-7-10(16)8-13(9)19-15-18-12-5-3-2-4-11(12)14(17)20-15/h2-8H,1H3,(H3,17,18,19,20). The summed E-state index contributed by atoms with van der Waals surface area (Å²) in [4.78, 5) is 8.74. The maximum absolute atomic E-state index is 6.00. The molecule has 0 aliphatic rings. The van der Waals surface area contributed by atoms with E-state index in [0.717, 1.165) is 22.2 Å². The van der Waals surface area contributed by atoms with E-state index < -0.39 is 0 Å². The minimum Gasteiger partial charge on any atom is -0.383 e. The van der Waals surface area contributed by atoms with Crippen LogP contribution in [0.15, 0.2) is 42.5 Å². The van der Waals surface area contributed by atoms with Gasteiger partial charge in [0.1, 0.15) is 5.82 Å². The summed E-state index contributed by atoms with van der Waals surface area (Å²) in [7, 11) is 0. The maximum Gasteiger partial charge on any atom is 0.229 e. The molecule has 1 heterocycles. The van der Waals surface area contributed by atoms with Gasteiger partial charge in [0, 0.05) is 16.1 Å². The Bertz CT molecular complexity index is 786. The van der Waals surface area contributed by atoms with Gasteiger partial charge in [-0.25, -0.2) is 4.98 Å². The average Bonchev–Trinajstić information content (AvgIpc) is 2.43. The highest BCUT2D eigenvalue weighted by atomic mass is 35.5. The Morgan fingerprint density at radius 1 is 1.10 bits per heavy atom. The van der Waals surface area contributed by atoms with E-state index in [-0.39, 0.29) is 0 Å². The molecule has 3 N–H and O–H groups in total. The molecule has 2 aromatic carbocycles. The SMILES string of the molecule is Cc1ccc(Cl)cc1Nc1nc(N)c2ccccc2n1. The molecule has 0 radical (unpaired) electrons. The van der Waals surface area contributed by atoms with Crippen LogP contribution < -0.4 is 11.1 Å². The molecule has 0 fully saturated rings. The van der Waals surface area contributed by atoms with Gasteiger partial charge in [0.05, 0.1) is 5.52 Å². The van der Waals surface area contributed by atoms with Crippen LogP contribution in [0.4, 0.5) is 17.5 Å². The first-order valence-corrected chi connectivity index (χ1v) is 6.57. The summed E-state index contributed by atoms with van der Waals surface area (Å²) < 4.78 is 0. The minimum atomic E-state index is 0.456. The Labute approximate surface area is 121 Å². The Hall–Kier alpha value is -2.33. The summed E-state index contributed by atoms with van der Waals surface area (Å²) in [6.45, 7) is 1.99. The summed E-state index contributed by atoms with van der Waals surface area (Å²) in [6, 6.07) is 13.3. The van der Waals surface area contributed by atoms with Gasteiger partial charge in [-0.1, -0.05) is 29.8 Å². The molecule has 0 saturated carbocycles. The summed E-state index contributed by atoms with van der Waals surface area (Å²) in [6.07, 6.45) is 0. The summed E-state index contributed by atoms with van der Waals surface area (Å²) in [5, 5.41) is 4.67. The van der Waals surface area contributed by atoms with E-state index in [1.165, 1.54) is 0 Å². The predicted octanol–water partition coefficient (Wildman–Crippen LogP) is 3.92. The number of hydrogen-bond donors (Lipinski definition) is 2. The number of aromatic nitrogens is 2. The lowest BCUT2D eigenvalue weighted by Crippen LogP contribution is -2.02. The van der Waals surface area contributed by atoms with Crippen LogP contribution in [0.1, 0.15) is 5.56 Å². The quantitative estimate of drug-likeness (QED) is 0.749. The van der Waals surface area contributed by atoms with Crippen LogP contribution >= 0.6 is 11.6 Å². The number of nitrogen functional groups attached to an aromatic ring is 1. The van der Waals surface area contributed by atoms with Crippen LogP contribution in [0.3, 0.4) is 0 Å². The van der Waals surface area contributed by atoms with E-state index in [2.05, 4.69) is 15.3 Å². The van der Waals surface area contributed by atoms with E-state index in [1.807, 2.05) is 49.4 Å². The van der Waals surface area contributed by atoms with Gasteiger partial charge in [0.15, 0.2) is 0 Å². The molecule has 1 aromatic heterocycles. The Balaban J connectivity index is 2.05.